The molecule has 4 rings (SSSR count). The number of hydrogen-bond donors (Lipinski definition) is 1. The molecule has 3 aromatic rings. The van der Waals surface area contributed by atoms with Gasteiger partial charge in [-0.3, -0.25) is 14.4 Å². The lowest BCUT2D eigenvalue weighted by Gasteiger charge is -2.20. The zero-order valence-electron chi connectivity index (χ0n) is 17.0. The SMILES string of the molecule is Cc1ccc(C(=O)OCC(=O)Nc2cccc3c2C(=O)c2ccccc2C3=O)cc1C. The normalized spacial score (nSPS) is 12.1. The van der Waals surface area contributed by atoms with Gasteiger partial charge in [-0.1, -0.05) is 42.5 Å². The van der Waals surface area contributed by atoms with Crippen LogP contribution in [-0.2, 0) is 9.53 Å². The maximum atomic E-state index is 13.0. The van der Waals surface area contributed by atoms with Crippen LogP contribution in [-0.4, -0.2) is 30.0 Å². The Morgan fingerprint density at radius 3 is 2.19 bits per heavy atom. The lowest BCUT2D eigenvalue weighted by molar-refractivity contribution is -0.119. The number of amides is 1. The number of carbonyl (C=O) groups is 4. The van der Waals surface area contributed by atoms with Gasteiger partial charge < -0.3 is 10.1 Å². The summed E-state index contributed by atoms with van der Waals surface area (Å²) in [4.78, 5) is 50.4. The molecule has 0 unspecified atom stereocenters. The van der Waals surface area contributed by atoms with Crippen LogP contribution in [0.25, 0.3) is 0 Å². The number of nitrogens with one attached hydrogen (secondary N) is 1. The summed E-state index contributed by atoms with van der Waals surface area (Å²) < 4.78 is 5.10. The first-order valence-electron chi connectivity index (χ1n) is 9.72. The number of hydrogen-bond acceptors (Lipinski definition) is 5. The highest BCUT2D eigenvalue weighted by Crippen LogP contribution is 2.31. The Kier molecular flexibility index (Phi) is 5.21. The van der Waals surface area contributed by atoms with Gasteiger partial charge in [-0.25, -0.2) is 4.79 Å². The first-order chi connectivity index (χ1) is 14.9. The van der Waals surface area contributed by atoms with Crippen molar-refractivity contribution in [1.82, 2.24) is 0 Å². The van der Waals surface area contributed by atoms with Crippen LogP contribution in [0.2, 0.25) is 0 Å². The van der Waals surface area contributed by atoms with Crippen LogP contribution in [0.3, 0.4) is 0 Å². The molecule has 0 heterocycles. The molecule has 6 nitrogen and oxygen atoms in total. The predicted molar refractivity (Wildman–Crippen MR) is 115 cm³/mol. The molecule has 0 saturated carbocycles. The highest BCUT2D eigenvalue weighted by molar-refractivity contribution is 6.30. The standard InChI is InChI=1S/C25H19NO5/c1-14-10-11-16(12-15(14)2)25(30)31-13-21(27)26-20-9-5-8-19-22(20)24(29)18-7-4-3-6-17(18)23(19)28/h3-12H,13H2,1-2H3,(H,26,27). The maximum absolute atomic E-state index is 13.0. The van der Waals surface area contributed by atoms with Crippen LogP contribution in [0.1, 0.15) is 53.3 Å². The summed E-state index contributed by atoms with van der Waals surface area (Å²) in [6, 6.07) is 16.4. The summed E-state index contributed by atoms with van der Waals surface area (Å²) in [7, 11) is 0. The van der Waals surface area contributed by atoms with Crippen LogP contribution >= 0.6 is 0 Å². The van der Waals surface area contributed by atoms with E-state index >= 15 is 0 Å². The van der Waals surface area contributed by atoms with Crippen molar-refractivity contribution in [2.75, 3.05) is 11.9 Å². The van der Waals surface area contributed by atoms with E-state index in [4.69, 9.17) is 4.74 Å². The summed E-state index contributed by atoms with van der Waals surface area (Å²) in [5.41, 5.74) is 3.55. The molecule has 1 amide bonds. The number of benzene rings is 3. The van der Waals surface area contributed by atoms with Crippen LogP contribution < -0.4 is 5.32 Å². The van der Waals surface area contributed by atoms with Crippen LogP contribution in [0.5, 0.6) is 0 Å². The molecule has 0 radical (unpaired) electrons. The Morgan fingerprint density at radius 1 is 0.806 bits per heavy atom. The van der Waals surface area contributed by atoms with E-state index < -0.39 is 18.5 Å². The third kappa shape index (κ3) is 3.75. The van der Waals surface area contributed by atoms with Gasteiger partial charge in [0.25, 0.3) is 5.91 Å². The van der Waals surface area contributed by atoms with Crippen LogP contribution in [0, 0.1) is 13.8 Å². The first-order valence-corrected chi connectivity index (χ1v) is 9.72. The van der Waals surface area contributed by atoms with Crippen molar-refractivity contribution in [3.8, 4) is 0 Å². The zero-order valence-corrected chi connectivity index (χ0v) is 17.0. The topological polar surface area (TPSA) is 89.5 Å². The van der Waals surface area contributed by atoms with Crippen molar-refractivity contribution in [3.63, 3.8) is 0 Å². The Hall–Kier alpha value is -4.06. The summed E-state index contributed by atoms with van der Waals surface area (Å²) >= 11 is 0. The van der Waals surface area contributed by atoms with Gasteiger partial charge in [0.15, 0.2) is 18.2 Å². The van der Waals surface area contributed by atoms with Gasteiger partial charge >= 0.3 is 5.97 Å². The minimum Gasteiger partial charge on any atom is -0.452 e. The lowest BCUT2D eigenvalue weighted by atomic mass is 9.83. The van der Waals surface area contributed by atoms with E-state index in [0.717, 1.165) is 11.1 Å². The largest absolute Gasteiger partial charge is 0.452 e. The number of esters is 1. The molecule has 0 fully saturated rings. The molecule has 0 saturated heterocycles. The molecule has 0 aliphatic heterocycles. The number of carbonyl (C=O) groups excluding carboxylic acids is 4. The van der Waals surface area contributed by atoms with Gasteiger partial charge in [0, 0.05) is 16.7 Å². The van der Waals surface area contributed by atoms with Crippen molar-refractivity contribution in [3.05, 3.63) is 99.6 Å². The fraction of sp³-hybridized carbons (Fsp3) is 0.120. The Balaban J connectivity index is 1.51. The molecule has 0 bridgehead atoms. The molecule has 154 valence electrons. The van der Waals surface area contributed by atoms with E-state index in [1.165, 1.54) is 0 Å². The molecule has 0 spiro atoms. The molecule has 1 aliphatic rings. The monoisotopic (exact) mass is 413 g/mol. The summed E-state index contributed by atoms with van der Waals surface area (Å²) in [5.74, 6) is -1.84. The van der Waals surface area contributed by atoms with Gasteiger partial charge in [0.1, 0.15) is 0 Å². The summed E-state index contributed by atoms with van der Waals surface area (Å²) in [6.45, 7) is 3.30. The maximum Gasteiger partial charge on any atom is 0.338 e. The van der Waals surface area contributed by atoms with Crippen molar-refractivity contribution >= 4 is 29.1 Å². The molecule has 31 heavy (non-hydrogen) atoms. The second-order valence-electron chi connectivity index (χ2n) is 7.36. The van der Waals surface area contributed by atoms with E-state index in [1.54, 1.807) is 54.6 Å². The van der Waals surface area contributed by atoms with E-state index in [-0.39, 0.29) is 28.4 Å². The summed E-state index contributed by atoms with van der Waals surface area (Å²) in [5, 5.41) is 2.59. The number of ether oxygens (including phenoxy) is 1. The molecule has 3 aromatic carbocycles. The lowest BCUT2D eigenvalue weighted by Crippen LogP contribution is -2.26. The fourth-order valence-electron chi connectivity index (χ4n) is 3.52. The van der Waals surface area contributed by atoms with E-state index in [0.29, 0.717) is 16.7 Å². The highest BCUT2D eigenvalue weighted by Gasteiger charge is 2.31. The zero-order chi connectivity index (χ0) is 22.1. The molecule has 1 aliphatic carbocycles. The van der Waals surface area contributed by atoms with Crippen LogP contribution in [0.15, 0.2) is 60.7 Å². The number of anilines is 1. The number of ketones is 2. The Bertz CT molecular complexity index is 1260. The predicted octanol–water partition coefficient (Wildman–Crippen LogP) is 3.87. The molecule has 6 heteroatoms. The van der Waals surface area contributed by atoms with E-state index in [1.807, 2.05) is 19.9 Å². The third-order valence-electron chi connectivity index (χ3n) is 5.30. The number of fused-ring (bicyclic) bond motifs is 2. The molecule has 1 N–H and O–H groups in total. The average Bonchev–Trinajstić information content (AvgIpc) is 2.77. The average molecular weight is 413 g/mol. The molecular weight excluding hydrogens is 394 g/mol. The summed E-state index contributed by atoms with van der Waals surface area (Å²) in [6.07, 6.45) is 0. The van der Waals surface area contributed by atoms with Gasteiger partial charge in [-0.05, 0) is 43.2 Å². The van der Waals surface area contributed by atoms with Crippen LogP contribution in [0.4, 0.5) is 5.69 Å². The first kappa shape index (κ1) is 20.2. The minimum atomic E-state index is -0.617. The Labute approximate surface area is 178 Å². The van der Waals surface area contributed by atoms with E-state index in [2.05, 4.69) is 5.32 Å². The Morgan fingerprint density at radius 2 is 1.48 bits per heavy atom. The van der Waals surface area contributed by atoms with E-state index in [9.17, 15) is 19.2 Å². The molecule has 0 aromatic heterocycles. The second-order valence-corrected chi connectivity index (χ2v) is 7.36. The third-order valence-corrected chi connectivity index (χ3v) is 5.30. The molecule has 0 atom stereocenters. The van der Waals surface area contributed by atoms with Crippen molar-refractivity contribution in [2.24, 2.45) is 0 Å². The highest BCUT2D eigenvalue weighted by atomic mass is 16.5. The van der Waals surface area contributed by atoms with Gasteiger partial charge in [-0.2, -0.15) is 0 Å². The van der Waals surface area contributed by atoms with Crippen molar-refractivity contribution in [2.45, 2.75) is 13.8 Å². The molecular formula is C25H19NO5. The smallest absolute Gasteiger partial charge is 0.338 e. The van der Waals surface area contributed by atoms with Gasteiger partial charge in [-0.15, -0.1) is 0 Å². The fourth-order valence-corrected chi connectivity index (χ4v) is 3.52. The minimum absolute atomic E-state index is 0.139. The van der Waals surface area contributed by atoms with Gasteiger partial charge in [0.05, 0.1) is 16.8 Å². The van der Waals surface area contributed by atoms with Gasteiger partial charge in [0.2, 0.25) is 0 Å². The van der Waals surface area contributed by atoms with Crippen molar-refractivity contribution in [1.29, 1.82) is 0 Å². The quantitative estimate of drug-likeness (QED) is 0.513. The van der Waals surface area contributed by atoms with Crippen molar-refractivity contribution < 1.29 is 23.9 Å². The number of rotatable bonds is 4. The second kappa shape index (κ2) is 7.99. The number of aryl methyl sites for hydroxylation is 2.